The van der Waals surface area contributed by atoms with Crippen LogP contribution in [-0.4, -0.2) is 46.4 Å². The van der Waals surface area contributed by atoms with Gasteiger partial charge in [0.1, 0.15) is 5.82 Å². The summed E-state index contributed by atoms with van der Waals surface area (Å²) in [5, 5.41) is 4.79. The van der Waals surface area contributed by atoms with Gasteiger partial charge in [-0.15, -0.1) is 11.3 Å². The van der Waals surface area contributed by atoms with Crippen molar-refractivity contribution in [1.29, 1.82) is 0 Å². The van der Waals surface area contributed by atoms with E-state index in [1.54, 1.807) is 17.4 Å². The predicted octanol–water partition coefficient (Wildman–Crippen LogP) is 3.44. The fourth-order valence-corrected chi connectivity index (χ4v) is 4.98. The van der Waals surface area contributed by atoms with E-state index in [9.17, 15) is 17.6 Å². The molecule has 3 aromatic rings. The van der Waals surface area contributed by atoms with Crippen LogP contribution >= 0.6 is 11.3 Å². The molecule has 0 saturated carbocycles. The molecule has 1 aromatic heterocycles. The van der Waals surface area contributed by atoms with Gasteiger partial charge < -0.3 is 10.2 Å². The van der Waals surface area contributed by atoms with E-state index in [-0.39, 0.29) is 29.2 Å². The first-order valence-electron chi connectivity index (χ1n) is 10.1. The van der Waals surface area contributed by atoms with Gasteiger partial charge in [-0.05, 0) is 73.9 Å². The summed E-state index contributed by atoms with van der Waals surface area (Å²) in [6, 6.07) is 15.7. The van der Waals surface area contributed by atoms with Gasteiger partial charge in [-0.1, -0.05) is 18.2 Å². The molecule has 0 bridgehead atoms. The molecule has 9 heteroatoms. The maximum absolute atomic E-state index is 13.6. The average molecular weight is 476 g/mol. The zero-order chi connectivity index (χ0) is 23.1. The van der Waals surface area contributed by atoms with E-state index in [0.717, 1.165) is 10.4 Å². The van der Waals surface area contributed by atoms with Crippen LogP contribution in [-0.2, 0) is 16.4 Å². The number of amides is 1. The highest BCUT2D eigenvalue weighted by Crippen LogP contribution is 2.19. The van der Waals surface area contributed by atoms with Gasteiger partial charge in [0, 0.05) is 23.5 Å². The minimum atomic E-state index is -3.65. The van der Waals surface area contributed by atoms with Gasteiger partial charge in [0.25, 0.3) is 5.91 Å². The number of nitrogens with zero attached hydrogens (tertiary/aromatic N) is 1. The second kappa shape index (κ2) is 10.8. The first kappa shape index (κ1) is 24.1. The highest BCUT2D eigenvalue weighted by molar-refractivity contribution is 7.89. The van der Waals surface area contributed by atoms with Gasteiger partial charge in [0.2, 0.25) is 10.0 Å². The molecule has 1 unspecified atom stereocenters. The second-order valence-electron chi connectivity index (χ2n) is 7.50. The molecule has 0 saturated heterocycles. The molecule has 2 aromatic carbocycles. The Kier molecular flexibility index (Phi) is 8.14. The smallest absolute Gasteiger partial charge is 0.251 e. The Balaban J connectivity index is 1.59. The lowest BCUT2D eigenvalue weighted by atomic mass is 10.1. The van der Waals surface area contributed by atoms with Crippen molar-refractivity contribution in [3.8, 4) is 0 Å². The van der Waals surface area contributed by atoms with Crippen molar-refractivity contribution in [3.63, 3.8) is 0 Å². The number of nitrogens with one attached hydrogen (secondary N) is 2. The molecule has 0 radical (unpaired) electrons. The minimum absolute atomic E-state index is 0.103. The van der Waals surface area contributed by atoms with Gasteiger partial charge in [0.15, 0.2) is 0 Å². The van der Waals surface area contributed by atoms with Crippen LogP contribution in [0, 0.1) is 5.82 Å². The lowest BCUT2D eigenvalue weighted by Gasteiger charge is -2.25. The Bertz CT molecular complexity index is 1130. The van der Waals surface area contributed by atoms with Crippen LogP contribution in [0.5, 0.6) is 0 Å². The summed E-state index contributed by atoms with van der Waals surface area (Å²) in [7, 11) is 0.0557. The first-order chi connectivity index (χ1) is 15.3. The van der Waals surface area contributed by atoms with E-state index >= 15 is 0 Å². The summed E-state index contributed by atoms with van der Waals surface area (Å²) in [5.41, 5.74) is 1.10. The van der Waals surface area contributed by atoms with E-state index < -0.39 is 10.0 Å². The maximum atomic E-state index is 13.6. The molecule has 0 aliphatic rings. The van der Waals surface area contributed by atoms with Crippen molar-refractivity contribution in [2.24, 2.45) is 0 Å². The van der Waals surface area contributed by atoms with Gasteiger partial charge in [0.05, 0.1) is 10.9 Å². The molecule has 0 spiro atoms. The van der Waals surface area contributed by atoms with Crippen LogP contribution in [0.25, 0.3) is 0 Å². The Morgan fingerprint density at radius 1 is 1.09 bits per heavy atom. The summed E-state index contributed by atoms with van der Waals surface area (Å²) < 4.78 is 41.1. The first-order valence-corrected chi connectivity index (χ1v) is 12.4. The van der Waals surface area contributed by atoms with Crippen LogP contribution in [0.2, 0.25) is 0 Å². The zero-order valence-electron chi connectivity index (χ0n) is 17.9. The van der Waals surface area contributed by atoms with Crippen LogP contribution < -0.4 is 10.0 Å². The Morgan fingerprint density at radius 3 is 2.47 bits per heavy atom. The molecular formula is C23H26FN3O3S2. The largest absolute Gasteiger partial charge is 0.350 e. The average Bonchev–Trinajstić information content (AvgIpc) is 3.27. The monoisotopic (exact) mass is 475 g/mol. The summed E-state index contributed by atoms with van der Waals surface area (Å²) in [6.45, 7) is 0.580. The SMILES string of the molecule is CN(C)C(CNC(=O)c1ccc(S(=O)(=O)NCCc2cccs2)cc1)c1cccc(F)c1. The fraction of sp³-hybridized carbons (Fsp3) is 0.261. The summed E-state index contributed by atoms with van der Waals surface area (Å²) in [5.74, 6) is -0.663. The number of likely N-dealkylation sites (N-methyl/N-ethyl adjacent to an activating group) is 1. The minimum Gasteiger partial charge on any atom is -0.350 e. The van der Waals surface area contributed by atoms with Crippen LogP contribution in [0.4, 0.5) is 4.39 Å². The molecule has 0 aliphatic heterocycles. The number of halogens is 1. The van der Waals surface area contributed by atoms with Crippen LogP contribution in [0.1, 0.15) is 26.8 Å². The third-order valence-corrected chi connectivity index (χ3v) is 7.40. The van der Waals surface area contributed by atoms with Crippen molar-refractivity contribution < 1.29 is 17.6 Å². The molecule has 1 amide bonds. The number of carbonyl (C=O) groups is 1. The van der Waals surface area contributed by atoms with Crippen molar-refractivity contribution in [2.75, 3.05) is 27.2 Å². The zero-order valence-corrected chi connectivity index (χ0v) is 19.5. The van der Waals surface area contributed by atoms with Gasteiger partial charge in [-0.3, -0.25) is 4.79 Å². The van der Waals surface area contributed by atoms with Crippen molar-refractivity contribution in [1.82, 2.24) is 14.9 Å². The standard InChI is InChI=1S/C23H26FN3O3S2/c1-27(2)22(18-5-3-6-19(24)15-18)16-25-23(28)17-8-10-21(11-9-17)32(29,30)26-13-12-20-7-4-14-31-20/h3-11,14-15,22,26H,12-13,16H2,1-2H3,(H,25,28). The number of hydrogen-bond donors (Lipinski definition) is 2. The highest BCUT2D eigenvalue weighted by Gasteiger charge is 2.18. The molecule has 2 N–H and O–H groups in total. The van der Waals surface area contributed by atoms with E-state index in [0.29, 0.717) is 18.5 Å². The summed E-state index contributed by atoms with van der Waals surface area (Å²) in [4.78, 5) is 15.7. The number of rotatable bonds is 10. The molecule has 170 valence electrons. The lowest BCUT2D eigenvalue weighted by molar-refractivity contribution is 0.0942. The van der Waals surface area contributed by atoms with Crippen LogP contribution in [0.15, 0.2) is 70.9 Å². The third kappa shape index (κ3) is 6.46. The number of benzene rings is 2. The lowest BCUT2D eigenvalue weighted by Crippen LogP contribution is -2.34. The van der Waals surface area contributed by atoms with Gasteiger partial charge in [-0.25, -0.2) is 17.5 Å². The number of thiophene rings is 1. The Hall–Kier alpha value is -2.59. The predicted molar refractivity (Wildman–Crippen MR) is 125 cm³/mol. The number of hydrogen-bond acceptors (Lipinski definition) is 5. The van der Waals surface area contributed by atoms with Gasteiger partial charge in [-0.2, -0.15) is 0 Å². The second-order valence-corrected chi connectivity index (χ2v) is 10.3. The Morgan fingerprint density at radius 2 is 1.84 bits per heavy atom. The number of carbonyl (C=O) groups excluding carboxylic acids is 1. The van der Waals surface area contributed by atoms with Crippen molar-refractivity contribution in [2.45, 2.75) is 17.4 Å². The van der Waals surface area contributed by atoms with E-state index in [4.69, 9.17) is 0 Å². The quantitative estimate of drug-likeness (QED) is 0.471. The third-order valence-electron chi connectivity index (χ3n) is 4.98. The van der Waals surface area contributed by atoms with Gasteiger partial charge >= 0.3 is 0 Å². The molecule has 1 atom stereocenters. The van der Waals surface area contributed by atoms with E-state index in [1.165, 1.54) is 36.4 Å². The van der Waals surface area contributed by atoms with Crippen LogP contribution in [0.3, 0.4) is 0 Å². The fourth-order valence-electron chi connectivity index (χ4n) is 3.24. The normalized spacial score (nSPS) is 12.6. The molecule has 6 nitrogen and oxygen atoms in total. The topological polar surface area (TPSA) is 78.5 Å². The highest BCUT2D eigenvalue weighted by atomic mass is 32.2. The molecule has 32 heavy (non-hydrogen) atoms. The van der Waals surface area contributed by atoms with Crippen molar-refractivity contribution >= 4 is 27.3 Å². The molecule has 0 aliphatic carbocycles. The van der Waals surface area contributed by atoms with Crippen molar-refractivity contribution in [3.05, 3.63) is 87.9 Å². The molecular weight excluding hydrogens is 449 g/mol. The Labute approximate surface area is 192 Å². The summed E-state index contributed by atoms with van der Waals surface area (Å²) >= 11 is 1.58. The summed E-state index contributed by atoms with van der Waals surface area (Å²) in [6.07, 6.45) is 0.621. The number of sulfonamides is 1. The molecule has 0 fully saturated rings. The van der Waals surface area contributed by atoms with E-state index in [2.05, 4.69) is 10.0 Å². The molecule has 3 rings (SSSR count). The maximum Gasteiger partial charge on any atom is 0.251 e. The molecule has 1 heterocycles. The van der Waals surface area contributed by atoms with E-state index in [1.807, 2.05) is 42.6 Å².